The second kappa shape index (κ2) is 4.29. The largest absolute Gasteiger partial charge is 0.490 e. The highest BCUT2D eigenvalue weighted by molar-refractivity contribution is 6.07. The Bertz CT molecular complexity index is 568. The number of aromatic nitrogens is 2. The molecule has 3 rings (SSSR count). The van der Waals surface area contributed by atoms with Crippen molar-refractivity contribution < 1.29 is 9.53 Å². The summed E-state index contributed by atoms with van der Waals surface area (Å²) in [5.74, 6) is 0.767. The van der Waals surface area contributed by atoms with Crippen LogP contribution in [0.5, 0.6) is 5.75 Å². The van der Waals surface area contributed by atoms with Gasteiger partial charge in [0.1, 0.15) is 11.4 Å². The van der Waals surface area contributed by atoms with Crippen LogP contribution < -0.4 is 4.74 Å². The second-order valence-corrected chi connectivity index (χ2v) is 4.60. The van der Waals surface area contributed by atoms with E-state index in [1.165, 1.54) is 0 Å². The van der Waals surface area contributed by atoms with Gasteiger partial charge in [-0.15, -0.1) is 0 Å². The number of hydrogen-bond donors (Lipinski definition) is 0. The van der Waals surface area contributed by atoms with Crippen molar-refractivity contribution in [2.75, 3.05) is 0 Å². The van der Waals surface area contributed by atoms with Crippen LogP contribution in [0.1, 0.15) is 28.9 Å². The molecule has 4 nitrogen and oxygen atoms in total. The van der Waals surface area contributed by atoms with E-state index in [9.17, 15) is 4.79 Å². The summed E-state index contributed by atoms with van der Waals surface area (Å²) in [7, 11) is 1.84. The van der Waals surface area contributed by atoms with Gasteiger partial charge in [0.2, 0.25) is 5.78 Å². The first-order valence-corrected chi connectivity index (χ1v) is 6.02. The van der Waals surface area contributed by atoms with Crippen molar-refractivity contribution in [1.82, 2.24) is 9.55 Å². The maximum atomic E-state index is 12.1. The van der Waals surface area contributed by atoms with E-state index in [0.717, 1.165) is 18.6 Å². The zero-order valence-corrected chi connectivity index (χ0v) is 10.2. The molecule has 0 spiro atoms. The molecular formula is C14H14N2O2. The van der Waals surface area contributed by atoms with Crippen molar-refractivity contribution in [3.63, 3.8) is 0 Å². The highest BCUT2D eigenvalue weighted by Gasteiger charge is 2.23. The molecule has 1 aliphatic rings. The normalized spacial score (nSPS) is 14.5. The smallest absolute Gasteiger partial charge is 0.212 e. The minimum atomic E-state index is -0.0615. The maximum absolute atomic E-state index is 12.1. The molecule has 4 heteroatoms. The molecule has 0 atom stereocenters. The van der Waals surface area contributed by atoms with E-state index in [2.05, 4.69) is 4.98 Å². The van der Waals surface area contributed by atoms with E-state index in [-0.39, 0.29) is 5.78 Å². The van der Waals surface area contributed by atoms with Gasteiger partial charge in [-0.25, -0.2) is 4.98 Å². The van der Waals surface area contributed by atoms with Gasteiger partial charge in [0.05, 0.1) is 12.4 Å². The number of imidazole rings is 1. The standard InChI is InChI=1S/C14H14N2O2/c1-16-8-13(15-9-16)14(17)10-2-4-11(5-3-10)18-12-6-7-12/h2-5,8-9,12H,6-7H2,1H3. The first-order chi connectivity index (χ1) is 8.72. The van der Waals surface area contributed by atoms with Gasteiger partial charge in [-0.1, -0.05) is 0 Å². The molecule has 0 unspecified atom stereocenters. The summed E-state index contributed by atoms with van der Waals surface area (Å²) in [5, 5.41) is 0. The Kier molecular flexibility index (Phi) is 2.63. The first-order valence-electron chi connectivity index (χ1n) is 6.02. The lowest BCUT2D eigenvalue weighted by Gasteiger charge is -2.04. The fourth-order valence-electron chi connectivity index (χ4n) is 1.74. The molecule has 1 saturated carbocycles. The highest BCUT2D eigenvalue weighted by atomic mass is 16.5. The monoisotopic (exact) mass is 242 g/mol. The third kappa shape index (κ3) is 2.27. The van der Waals surface area contributed by atoms with E-state index in [1.807, 2.05) is 19.2 Å². The summed E-state index contributed by atoms with van der Waals surface area (Å²) in [4.78, 5) is 16.1. The Balaban J connectivity index is 1.77. The summed E-state index contributed by atoms with van der Waals surface area (Å²) < 4.78 is 7.40. The number of carbonyl (C=O) groups is 1. The number of nitrogens with zero attached hydrogens (tertiary/aromatic N) is 2. The first kappa shape index (κ1) is 11.0. The van der Waals surface area contributed by atoms with Crippen molar-refractivity contribution in [1.29, 1.82) is 0 Å². The van der Waals surface area contributed by atoms with Crippen LogP contribution >= 0.6 is 0 Å². The maximum Gasteiger partial charge on any atom is 0.212 e. The van der Waals surface area contributed by atoms with E-state index >= 15 is 0 Å². The molecule has 1 aromatic heterocycles. The predicted octanol–water partition coefficient (Wildman–Crippen LogP) is 2.19. The fourth-order valence-corrected chi connectivity index (χ4v) is 1.74. The Morgan fingerprint density at radius 3 is 2.61 bits per heavy atom. The van der Waals surface area contributed by atoms with Crippen molar-refractivity contribution in [2.24, 2.45) is 7.05 Å². The third-order valence-electron chi connectivity index (χ3n) is 2.88. The van der Waals surface area contributed by atoms with E-state index < -0.39 is 0 Å². The Labute approximate surface area is 105 Å². The summed E-state index contributed by atoms with van der Waals surface area (Å²) in [6, 6.07) is 7.26. The number of aryl methyl sites for hydroxylation is 1. The number of rotatable bonds is 4. The van der Waals surface area contributed by atoms with Crippen LogP contribution in [0.3, 0.4) is 0 Å². The van der Waals surface area contributed by atoms with Gasteiger partial charge in [-0.3, -0.25) is 4.79 Å². The van der Waals surface area contributed by atoms with Crippen LogP contribution in [-0.4, -0.2) is 21.4 Å². The SMILES string of the molecule is Cn1cnc(C(=O)c2ccc(OC3CC3)cc2)c1. The number of benzene rings is 1. The third-order valence-corrected chi connectivity index (χ3v) is 2.88. The molecule has 0 N–H and O–H groups in total. The lowest BCUT2D eigenvalue weighted by atomic mass is 10.1. The van der Waals surface area contributed by atoms with Crippen LogP contribution in [0, 0.1) is 0 Å². The zero-order valence-electron chi connectivity index (χ0n) is 10.2. The molecule has 1 aliphatic carbocycles. The van der Waals surface area contributed by atoms with Gasteiger partial charge in [-0.2, -0.15) is 0 Å². The number of carbonyl (C=O) groups excluding carboxylic acids is 1. The Morgan fingerprint density at radius 1 is 1.33 bits per heavy atom. The quantitative estimate of drug-likeness (QED) is 0.772. The molecule has 0 saturated heterocycles. The lowest BCUT2D eigenvalue weighted by Crippen LogP contribution is -2.02. The van der Waals surface area contributed by atoms with Gasteiger partial charge >= 0.3 is 0 Å². The van der Waals surface area contributed by atoms with Crippen LogP contribution in [0.4, 0.5) is 0 Å². The Hall–Kier alpha value is -2.10. The van der Waals surface area contributed by atoms with Gasteiger partial charge < -0.3 is 9.30 Å². The van der Waals surface area contributed by atoms with Crippen molar-refractivity contribution in [2.45, 2.75) is 18.9 Å². The van der Waals surface area contributed by atoms with E-state index in [1.54, 1.807) is 29.2 Å². The predicted molar refractivity (Wildman–Crippen MR) is 66.7 cm³/mol. The molecule has 18 heavy (non-hydrogen) atoms. The summed E-state index contributed by atoms with van der Waals surface area (Å²) in [6.45, 7) is 0. The fraction of sp³-hybridized carbons (Fsp3) is 0.286. The van der Waals surface area contributed by atoms with Gasteiger partial charge in [0.25, 0.3) is 0 Å². The minimum absolute atomic E-state index is 0.0615. The lowest BCUT2D eigenvalue weighted by molar-refractivity contribution is 0.103. The molecule has 0 bridgehead atoms. The zero-order chi connectivity index (χ0) is 12.5. The average Bonchev–Trinajstić information content (AvgIpc) is 3.09. The van der Waals surface area contributed by atoms with Crippen molar-refractivity contribution in [3.05, 3.63) is 48.0 Å². The van der Waals surface area contributed by atoms with Crippen LogP contribution in [0.2, 0.25) is 0 Å². The van der Waals surface area contributed by atoms with E-state index in [0.29, 0.717) is 17.4 Å². The number of ketones is 1. The molecule has 1 aromatic carbocycles. The molecule has 0 aliphatic heterocycles. The van der Waals surface area contributed by atoms with Crippen molar-refractivity contribution in [3.8, 4) is 5.75 Å². The van der Waals surface area contributed by atoms with Gasteiger partial charge in [0, 0.05) is 18.8 Å². The van der Waals surface area contributed by atoms with Gasteiger partial charge in [0.15, 0.2) is 0 Å². The molecule has 1 heterocycles. The number of hydrogen-bond acceptors (Lipinski definition) is 3. The minimum Gasteiger partial charge on any atom is -0.490 e. The molecular weight excluding hydrogens is 228 g/mol. The summed E-state index contributed by atoms with van der Waals surface area (Å²) >= 11 is 0. The summed E-state index contributed by atoms with van der Waals surface area (Å²) in [5.41, 5.74) is 1.10. The topological polar surface area (TPSA) is 44.1 Å². The average molecular weight is 242 g/mol. The highest BCUT2D eigenvalue weighted by Crippen LogP contribution is 2.26. The molecule has 92 valence electrons. The number of ether oxygens (including phenoxy) is 1. The molecule has 1 fully saturated rings. The molecule has 0 radical (unpaired) electrons. The Morgan fingerprint density at radius 2 is 2.06 bits per heavy atom. The van der Waals surface area contributed by atoms with Crippen LogP contribution in [0.25, 0.3) is 0 Å². The van der Waals surface area contributed by atoms with E-state index in [4.69, 9.17) is 4.74 Å². The van der Waals surface area contributed by atoms with Crippen molar-refractivity contribution >= 4 is 5.78 Å². The summed E-state index contributed by atoms with van der Waals surface area (Å²) in [6.07, 6.45) is 5.99. The van der Waals surface area contributed by atoms with Crippen LogP contribution in [-0.2, 0) is 7.05 Å². The molecule has 2 aromatic rings. The second-order valence-electron chi connectivity index (χ2n) is 4.60. The van der Waals surface area contributed by atoms with Crippen LogP contribution in [0.15, 0.2) is 36.8 Å². The van der Waals surface area contributed by atoms with Gasteiger partial charge in [-0.05, 0) is 37.1 Å². The molecule has 0 amide bonds.